The predicted molar refractivity (Wildman–Crippen MR) is 129 cm³/mol. The Labute approximate surface area is 205 Å². The first kappa shape index (κ1) is 25.0. The second kappa shape index (κ2) is 10.7. The number of hydrogen-bond donors (Lipinski definition) is 3. The second-order valence-corrected chi connectivity index (χ2v) is 9.41. The van der Waals surface area contributed by atoms with Crippen molar-refractivity contribution in [2.24, 2.45) is 5.73 Å². The molecule has 0 radical (unpaired) electrons. The maximum Gasteiger partial charge on any atom is 0.338 e. The fourth-order valence-corrected chi connectivity index (χ4v) is 5.49. The molecule has 4 N–H and O–H groups in total. The van der Waals surface area contributed by atoms with Crippen LogP contribution in [0.5, 0.6) is 5.75 Å². The Bertz CT molecular complexity index is 978. The Morgan fingerprint density at radius 2 is 1.71 bits per heavy atom. The molecule has 3 heterocycles. The lowest BCUT2D eigenvalue weighted by atomic mass is 9.83. The van der Waals surface area contributed by atoms with Gasteiger partial charge in [0.15, 0.2) is 0 Å². The van der Waals surface area contributed by atoms with Crippen molar-refractivity contribution >= 4 is 17.9 Å². The number of esters is 1. The first-order valence-electron chi connectivity index (χ1n) is 12.2. The molecule has 1 aromatic rings. The summed E-state index contributed by atoms with van der Waals surface area (Å²) in [6.07, 6.45) is 4.60. The number of hydrogen-bond acceptors (Lipinski definition) is 7. The van der Waals surface area contributed by atoms with Crippen molar-refractivity contribution in [3.63, 3.8) is 0 Å². The topological polar surface area (TPSA) is 126 Å². The zero-order chi connectivity index (χ0) is 25.0. The standard InChI is InChI=1S/C25H35N5O5/c1-34-18-8-6-17(7-9-18)21-20(22(31)35-2)19(27-24(33)28-21)16-29-14-10-25(11-15-29,23(26)32)30-12-4-3-5-13-30/h6-9,21H,3-5,10-16H2,1-2H3,(H2,26,32)(H2,27,28,33). The molecule has 2 saturated heterocycles. The highest BCUT2D eigenvalue weighted by Gasteiger charge is 2.45. The number of urea groups is 1. The largest absolute Gasteiger partial charge is 0.497 e. The molecular weight excluding hydrogens is 450 g/mol. The van der Waals surface area contributed by atoms with E-state index in [1.807, 2.05) is 12.1 Å². The highest BCUT2D eigenvalue weighted by atomic mass is 16.5. The number of nitrogens with zero attached hydrogens (tertiary/aromatic N) is 2. The number of amides is 3. The van der Waals surface area contributed by atoms with Crippen molar-refractivity contribution in [3.8, 4) is 5.75 Å². The van der Waals surface area contributed by atoms with Gasteiger partial charge in [0, 0.05) is 25.3 Å². The van der Waals surface area contributed by atoms with Gasteiger partial charge >= 0.3 is 12.0 Å². The SMILES string of the molecule is COC(=O)C1=C(CN2CCC(C(N)=O)(N3CCCCC3)CC2)NC(=O)NC1c1ccc(OC)cc1. The number of benzene rings is 1. The summed E-state index contributed by atoms with van der Waals surface area (Å²) in [5.74, 6) is -0.0915. The van der Waals surface area contributed by atoms with Crippen LogP contribution in [0.2, 0.25) is 0 Å². The molecule has 3 aliphatic heterocycles. The smallest absolute Gasteiger partial charge is 0.338 e. The van der Waals surface area contributed by atoms with Gasteiger partial charge in [0.25, 0.3) is 0 Å². The van der Waals surface area contributed by atoms with Crippen LogP contribution < -0.4 is 21.1 Å². The van der Waals surface area contributed by atoms with Crippen molar-refractivity contribution in [3.05, 3.63) is 41.1 Å². The molecule has 1 aromatic carbocycles. The molecule has 0 bridgehead atoms. The van der Waals surface area contributed by atoms with Crippen LogP contribution >= 0.6 is 0 Å². The third-order valence-corrected chi connectivity index (χ3v) is 7.49. The number of nitrogens with two attached hydrogens (primary N) is 1. The quantitative estimate of drug-likeness (QED) is 0.497. The fraction of sp³-hybridized carbons (Fsp3) is 0.560. The maximum absolute atomic E-state index is 12.8. The summed E-state index contributed by atoms with van der Waals surface area (Å²) < 4.78 is 10.3. The van der Waals surface area contributed by atoms with Crippen LogP contribution in [0.25, 0.3) is 0 Å². The second-order valence-electron chi connectivity index (χ2n) is 9.41. The zero-order valence-corrected chi connectivity index (χ0v) is 20.5. The average molecular weight is 486 g/mol. The minimum atomic E-state index is -0.653. The first-order valence-corrected chi connectivity index (χ1v) is 12.2. The van der Waals surface area contributed by atoms with Gasteiger partial charge in [-0.15, -0.1) is 0 Å². The van der Waals surface area contributed by atoms with Crippen molar-refractivity contribution in [1.29, 1.82) is 0 Å². The number of piperidine rings is 2. The average Bonchev–Trinajstić information content (AvgIpc) is 2.89. The molecule has 190 valence electrons. The normalized spacial score (nSPS) is 23.3. The van der Waals surface area contributed by atoms with Gasteiger partial charge in [0.05, 0.1) is 25.8 Å². The van der Waals surface area contributed by atoms with Crippen LogP contribution in [0.1, 0.15) is 43.7 Å². The molecule has 0 aromatic heterocycles. The summed E-state index contributed by atoms with van der Waals surface area (Å²) in [5.41, 5.74) is 6.91. The molecule has 3 aliphatic rings. The fourth-order valence-electron chi connectivity index (χ4n) is 5.49. The van der Waals surface area contributed by atoms with E-state index in [2.05, 4.69) is 20.4 Å². The summed E-state index contributed by atoms with van der Waals surface area (Å²) in [7, 11) is 2.91. The number of ether oxygens (including phenoxy) is 2. The summed E-state index contributed by atoms with van der Waals surface area (Å²) in [5, 5.41) is 5.66. The Morgan fingerprint density at radius 1 is 1.06 bits per heavy atom. The van der Waals surface area contributed by atoms with Crippen LogP contribution in [-0.4, -0.2) is 80.2 Å². The maximum atomic E-state index is 12.8. The summed E-state index contributed by atoms with van der Waals surface area (Å²) >= 11 is 0. The minimum absolute atomic E-state index is 0.261. The van der Waals surface area contributed by atoms with E-state index in [0.29, 0.717) is 49.5 Å². The van der Waals surface area contributed by atoms with Crippen molar-refractivity contribution in [2.45, 2.75) is 43.7 Å². The van der Waals surface area contributed by atoms with E-state index in [1.54, 1.807) is 19.2 Å². The lowest BCUT2D eigenvalue weighted by Crippen LogP contribution is -2.63. The van der Waals surface area contributed by atoms with Crippen LogP contribution in [0.3, 0.4) is 0 Å². The Hall–Kier alpha value is -3.11. The van der Waals surface area contributed by atoms with Gasteiger partial charge in [-0.05, 0) is 56.5 Å². The Balaban J connectivity index is 1.56. The Kier molecular flexibility index (Phi) is 7.61. The van der Waals surface area contributed by atoms with Crippen molar-refractivity contribution in [1.82, 2.24) is 20.4 Å². The van der Waals surface area contributed by atoms with Gasteiger partial charge in [-0.3, -0.25) is 14.6 Å². The minimum Gasteiger partial charge on any atom is -0.497 e. The lowest BCUT2D eigenvalue weighted by Gasteiger charge is -2.48. The molecule has 10 heteroatoms. The van der Waals surface area contributed by atoms with E-state index in [9.17, 15) is 14.4 Å². The number of carbonyl (C=O) groups is 3. The zero-order valence-electron chi connectivity index (χ0n) is 20.5. The number of carbonyl (C=O) groups excluding carboxylic acids is 3. The van der Waals surface area contributed by atoms with Crippen LogP contribution in [0.15, 0.2) is 35.5 Å². The van der Waals surface area contributed by atoms with Crippen molar-refractivity contribution in [2.75, 3.05) is 46.9 Å². The van der Waals surface area contributed by atoms with E-state index < -0.39 is 17.6 Å². The molecule has 0 saturated carbocycles. The molecule has 10 nitrogen and oxygen atoms in total. The predicted octanol–water partition coefficient (Wildman–Crippen LogP) is 1.28. The van der Waals surface area contributed by atoms with Gasteiger partial charge in [0.1, 0.15) is 11.3 Å². The highest BCUT2D eigenvalue weighted by molar-refractivity contribution is 5.95. The number of nitrogens with one attached hydrogen (secondary N) is 2. The first-order chi connectivity index (χ1) is 16.9. The van der Waals surface area contributed by atoms with Gasteiger partial charge < -0.3 is 25.8 Å². The molecule has 3 amide bonds. The van der Waals surface area contributed by atoms with E-state index in [4.69, 9.17) is 15.2 Å². The van der Waals surface area contributed by atoms with Crippen molar-refractivity contribution < 1.29 is 23.9 Å². The van der Waals surface area contributed by atoms with Crippen LogP contribution in [0.4, 0.5) is 4.79 Å². The molecular formula is C25H35N5O5. The summed E-state index contributed by atoms with van der Waals surface area (Å²) in [6, 6.07) is 6.16. The van der Waals surface area contributed by atoms with Crippen LogP contribution in [-0.2, 0) is 14.3 Å². The summed E-state index contributed by atoms with van der Waals surface area (Å²) in [4.78, 5) is 42.4. The Morgan fingerprint density at radius 3 is 2.29 bits per heavy atom. The lowest BCUT2D eigenvalue weighted by molar-refractivity contribution is -0.136. The molecule has 4 rings (SSSR count). The molecule has 2 fully saturated rings. The molecule has 0 aliphatic carbocycles. The van der Waals surface area contributed by atoms with Gasteiger partial charge in [-0.2, -0.15) is 0 Å². The number of primary amides is 1. The highest BCUT2D eigenvalue weighted by Crippen LogP contribution is 2.33. The molecule has 0 spiro atoms. The third kappa shape index (κ3) is 5.13. The third-order valence-electron chi connectivity index (χ3n) is 7.49. The van der Waals surface area contributed by atoms with Gasteiger partial charge in [-0.25, -0.2) is 9.59 Å². The number of likely N-dealkylation sites (tertiary alicyclic amines) is 2. The monoisotopic (exact) mass is 485 g/mol. The summed E-state index contributed by atoms with van der Waals surface area (Å²) in [6.45, 7) is 3.42. The number of methoxy groups -OCH3 is 2. The van der Waals surface area contributed by atoms with Gasteiger partial charge in [0.2, 0.25) is 5.91 Å². The van der Waals surface area contributed by atoms with E-state index in [-0.39, 0.29) is 11.9 Å². The van der Waals surface area contributed by atoms with E-state index in [0.717, 1.165) is 31.5 Å². The molecule has 1 atom stereocenters. The van der Waals surface area contributed by atoms with E-state index >= 15 is 0 Å². The van der Waals surface area contributed by atoms with Crippen LogP contribution in [0, 0.1) is 0 Å². The molecule has 1 unspecified atom stereocenters. The molecule has 35 heavy (non-hydrogen) atoms. The van der Waals surface area contributed by atoms with E-state index in [1.165, 1.54) is 13.5 Å². The van der Waals surface area contributed by atoms with Gasteiger partial charge in [-0.1, -0.05) is 18.6 Å². The number of rotatable bonds is 7.